The van der Waals surface area contributed by atoms with Gasteiger partial charge in [-0.1, -0.05) is 11.6 Å². The molecule has 1 heterocycles. The summed E-state index contributed by atoms with van der Waals surface area (Å²) in [5, 5.41) is 4.86. The Bertz CT molecular complexity index is 768. The van der Waals surface area contributed by atoms with Crippen LogP contribution in [-0.4, -0.2) is 25.2 Å². The number of aryl methyl sites for hydroxylation is 1. The second-order valence-electron chi connectivity index (χ2n) is 4.32. The first kappa shape index (κ1) is 14.8. The van der Waals surface area contributed by atoms with Gasteiger partial charge in [0.25, 0.3) is 0 Å². The van der Waals surface area contributed by atoms with Gasteiger partial charge in [0.2, 0.25) is 10.0 Å². The van der Waals surface area contributed by atoms with Crippen molar-refractivity contribution in [3.05, 3.63) is 34.6 Å². The quantitative estimate of drug-likeness (QED) is 0.843. The van der Waals surface area contributed by atoms with E-state index < -0.39 is 10.0 Å². The smallest absolute Gasteiger partial charge is 0.240 e. The third kappa shape index (κ3) is 2.39. The van der Waals surface area contributed by atoms with Crippen molar-refractivity contribution in [1.82, 2.24) is 14.5 Å². The highest BCUT2D eigenvalue weighted by atomic mass is 35.5. The average molecular weight is 315 g/mol. The Morgan fingerprint density at radius 1 is 1.35 bits per heavy atom. The molecule has 0 aliphatic heterocycles. The molecule has 0 spiro atoms. The second-order valence-corrected chi connectivity index (χ2v) is 6.59. The van der Waals surface area contributed by atoms with E-state index in [0.29, 0.717) is 22.1 Å². The SMILES string of the molecule is CNS(=O)(=O)c1ccc(-n2nc(C)c(Cl)c2C)c(N)c1. The van der Waals surface area contributed by atoms with Crippen molar-refractivity contribution in [2.24, 2.45) is 0 Å². The van der Waals surface area contributed by atoms with Crippen LogP contribution in [0.5, 0.6) is 0 Å². The van der Waals surface area contributed by atoms with Crippen molar-refractivity contribution < 1.29 is 8.42 Å². The van der Waals surface area contributed by atoms with Crippen LogP contribution < -0.4 is 10.5 Å². The molecule has 3 N–H and O–H groups in total. The molecule has 6 nitrogen and oxygen atoms in total. The van der Waals surface area contributed by atoms with Crippen molar-refractivity contribution in [3.63, 3.8) is 0 Å². The molecule has 20 heavy (non-hydrogen) atoms. The number of nitrogen functional groups attached to an aromatic ring is 1. The number of anilines is 1. The van der Waals surface area contributed by atoms with E-state index in [-0.39, 0.29) is 4.90 Å². The largest absolute Gasteiger partial charge is 0.397 e. The molecule has 2 rings (SSSR count). The second kappa shape index (κ2) is 5.08. The fourth-order valence-electron chi connectivity index (χ4n) is 1.87. The molecule has 0 bridgehead atoms. The molecule has 108 valence electrons. The van der Waals surface area contributed by atoms with Gasteiger partial charge in [0.15, 0.2) is 0 Å². The molecule has 2 aromatic rings. The normalized spacial score (nSPS) is 11.8. The summed E-state index contributed by atoms with van der Waals surface area (Å²) >= 11 is 6.10. The monoisotopic (exact) mass is 314 g/mol. The van der Waals surface area contributed by atoms with Gasteiger partial charge in [-0.15, -0.1) is 0 Å². The number of hydrogen-bond donors (Lipinski definition) is 2. The number of nitrogens with zero attached hydrogens (tertiary/aromatic N) is 2. The maximum atomic E-state index is 11.7. The van der Waals surface area contributed by atoms with Crippen LogP contribution in [0.4, 0.5) is 5.69 Å². The Morgan fingerprint density at radius 3 is 2.45 bits per heavy atom. The van der Waals surface area contributed by atoms with Crippen LogP contribution in [-0.2, 0) is 10.0 Å². The molecule has 8 heteroatoms. The maximum absolute atomic E-state index is 11.7. The molecule has 0 fully saturated rings. The van der Waals surface area contributed by atoms with E-state index in [1.165, 1.54) is 19.2 Å². The number of aromatic nitrogens is 2. The van der Waals surface area contributed by atoms with Gasteiger partial charge in [-0.05, 0) is 39.1 Å². The molecular formula is C12H15ClN4O2S. The van der Waals surface area contributed by atoms with Crippen molar-refractivity contribution >= 4 is 27.3 Å². The average Bonchev–Trinajstić information content (AvgIpc) is 2.66. The standard InChI is InChI=1S/C12H15ClN4O2S/c1-7-12(13)8(2)17(16-7)11-5-4-9(6-10(11)14)20(18,19)15-3/h4-6,15H,14H2,1-3H3. The van der Waals surface area contributed by atoms with Gasteiger partial charge in [0, 0.05) is 0 Å². The van der Waals surface area contributed by atoms with E-state index in [1.54, 1.807) is 17.7 Å². The first-order valence-electron chi connectivity index (χ1n) is 5.83. The fraction of sp³-hybridized carbons (Fsp3) is 0.250. The van der Waals surface area contributed by atoms with Gasteiger partial charge in [-0.25, -0.2) is 17.8 Å². The Balaban J connectivity index is 2.58. The highest BCUT2D eigenvalue weighted by molar-refractivity contribution is 7.89. The van der Waals surface area contributed by atoms with Gasteiger partial charge in [0.05, 0.1) is 32.7 Å². The lowest BCUT2D eigenvalue weighted by molar-refractivity contribution is 0.588. The van der Waals surface area contributed by atoms with Gasteiger partial charge in [-0.2, -0.15) is 5.10 Å². The van der Waals surface area contributed by atoms with E-state index >= 15 is 0 Å². The first-order chi connectivity index (χ1) is 9.27. The van der Waals surface area contributed by atoms with Crippen LogP contribution in [0, 0.1) is 13.8 Å². The molecule has 1 aromatic carbocycles. The highest BCUT2D eigenvalue weighted by Gasteiger charge is 2.16. The molecular weight excluding hydrogens is 300 g/mol. The summed E-state index contributed by atoms with van der Waals surface area (Å²) in [4.78, 5) is 0.105. The summed E-state index contributed by atoms with van der Waals surface area (Å²) < 4.78 is 27.3. The van der Waals surface area contributed by atoms with Crippen molar-refractivity contribution in [1.29, 1.82) is 0 Å². The zero-order chi connectivity index (χ0) is 15.1. The molecule has 0 atom stereocenters. The van der Waals surface area contributed by atoms with Gasteiger partial charge >= 0.3 is 0 Å². The maximum Gasteiger partial charge on any atom is 0.240 e. The van der Waals surface area contributed by atoms with Gasteiger partial charge in [-0.3, -0.25) is 0 Å². The number of nitrogens with two attached hydrogens (primary N) is 1. The van der Waals surface area contributed by atoms with E-state index in [0.717, 1.165) is 5.69 Å². The van der Waals surface area contributed by atoms with Crippen LogP contribution in [0.15, 0.2) is 23.1 Å². The van der Waals surface area contributed by atoms with Crippen molar-refractivity contribution in [3.8, 4) is 5.69 Å². The lowest BCUT2D eigenvalue weighted by Crippen LogP contribution is -2.19. The fourth-order valence-corrected chi connectivity index (χ4v) is 2.75. The Hall–Kier alpha value is -1.57. The third-order valence-corrected chi connectivity index (χ3v) is 4.97. The number of rotatable bonds is 3. The van der Waals surface area contributed by atoms with Gasteiger partial charge < -0.3 is 5.73 Å². The Kier molecular flexibility index (Phi) is 3.77. The van der Waals surface area contributed by atoms with E-state index in [1.807, 2.05) is 6.92 Å². The highest BCUT2D eigenvalue weighted by Crippen LogP contribution is 2.26. The summed E-state index contributed by atoms with van der Waals surface area (Å²) in [7, 11) is -2.17. The van der Waals surface area contributed by atoms with Crippen LogP contribution in [0.1, 0.15) is 11.4 Å². The third-order valence-electron chi connectivity index (χ3n) is 3.01. The minimum absolute atomic E-state index is 0.105. The topological polar surface area (TPSA) is 90.0 Å². The molecule has 0 amide bonds. The van der Waals surface area contributed by atoms with Crippen LogP contribution in [0.3, 0.4) is 0 Å². The zero-order valence-electron chi connectivity index (χ0n) is 11.3. The molecule has 0 saturated carbocycles. The molecule has 0 radical (unpaired) electrons. The summed E-state index contributed by atoms with van der Waals surface area (Å²) in [6, 6.07) is 4.47. The van der Waals surface area contributed by atoms with Crippen molar-refractivity contribution in [2.45, 2.75) is 18.7 Å². The molecule has 0 saturated heterocycles. The summed E-state index contributed by atoms with van der Waals surface area (Å²) in [5.41, 5.74) is 8.28. The van der Waals surface area contributed by atoms with Crippen LogP contribution in [0.2, 0.25) is 5.02 Å². The van der Waals surface area contributed by atoms with Crippen LogP contribution in [0.25, 0.3) is 5.69 Å². The summed E-state index contributed by atoms with van der Waals surface area (Å²) in [6.07, 6.45) is 0. The summed E-state index contributed by atoms with van der Waals surface area (Å²) in [5.74, 6) is 0. The van der Waals surface area contributed by atoms with E-state index in [2.05, 4.69) is 9.82 Å². The molecule has 1 aromatic heterocycles. The minimum Gasteiger partial charge on any atom is -0.397 e. The molecule has 0 aliphatic rings. The molecule has 0 aliphatic carbocycles. The number of halogens is 1. The lowest BCUT2D eigenvalue weighted by Gasteiger charge is -2.10. The minimum atomic E-state index is -3.52. The number of benzene rings is 1. The predicted octanol–water partition coefficient (Wildman–Crippen LogP) is 1.63. The number of hydrogen-bond acceptors (Lipinski definition) is 4. The number of sulfonamides is 1. The predicted molar refractivity (Wildman–Crippen MR) is 78.7 cm³/mol. The van der Waals surface area contributed by atoms with E-state index in [9.17, 15) is 8.42 Å². The molecule has 0 unspecified atom stereocenters. The van der Waals surface area contributed by atoms with Crippen LogP contribution >= 0.6 is 11.6 Å². The van der Waals surface area contributed by atoms with E-state index in [4.69, 9.17) is 17.3 Å². The summed E-state index contributed by atoms with van der Waals surface area (Å²) in [6.45, 7) is 3.61. The number of nitrogens with one attached hydrogen (secondary N) is 1. The Labute approximate surface area is 122 Å². The lowest BCUT2D eigenvalue weighted by atomic mass is 10.2. The first-order valence-corrected chi connectivity index (χ1v) is 7.69. The zero-order valence-corrected chi connectivity index (χ0v) is 12.9. The van der Waals surface area contributed by atoms with Gasteiger partial charge in [0.1, 0.15) is 0 Å². The van der Waals surface area contributed by atoms with Crippen molar-refractivity contribution in [2.75, 3.05) is 12.8 Å². The Morgan fingerprint density at radius 2 is 2.00 bits per heavy atom.